The molecule has 7 atom stereocenters. The smallest absolute Gasteiger partial charge is 0.305 e. The molecule has 19 nitrogen and oxygen atoms in total. The van der Waals surface area contributed by atoms with Crippen molar-refractivity contribution >= 4 is 52.2 Å². The lowest BCUT2D eigenvalue weighted by Gasteiger charge is -2.30. The predicted octanol–water partition coefficient (Wildman–Crippen LogP) is -3.56. The molecular formula is C35H52N8O11. The summed E-state index contributed by atoms with van der Waals surface area (Å²) < 4.78 is 0. The molecule has 19 heteroatoms. The van der Waals surface area contributed by atoms with Crippen molar-refractivity contribution in [3.63, 3.8) is 0 Å². The molecule has 0 fully saturated rings. The van der Waals surface area contributed by atoms with Crippen LogP contribution in [0.2, 0.25) is 0 Å². The average molecular weight is 761 g/mol. The lowest BCUT2D eigenvalue weighted by molar-refractivity contribution is -0.139. The number of nitrogens with one attached hydrogen (secondary N) is 6. The number of hydrogen-bond donors (Lipinski definition) is 12. The van der Waals surface area contributed by atoms with Crippen LogP contribution in [0.1, 0.15) is 45.1 Å². The summed E-state index contributed by atoms with van der Waals surface area (Å²) in [4.78, 5) is 88.0. The second kappa shape index (κ2) is 22.8. The van der Waals surface area contributed by atoms with E-state index in [2.05, 4.69) is 31.9 Å². The van der Waals surface area contributed by atoms with Crippen molar-refractivity contribution in [3.05, 3.63) is 48.0 Å². The largest absolute Gasteiger partial charge is 0.481 e. The number of amides is 6. The van der Waals surface area contributed by atoms with Gasteiger partial charge in [0.1, 0.15) is 24.4 Å². The number of nitrogens with two attached hydrogens (primary N) is 2. The van der Waals surface area contributed by atoms with Crippen molar-refractivity contribution < 1.29 is 54.0 Å². The van der Waals surface area contributed by atoms with Gasteiger partial charge in [-0.15, -0.1) is 0 Å². The van der Waals surface area contributed by atoms with Gasteiger partial charge in [-0.1, -0.05) is 62.7 Å². The Morgan fingerprint density at radius 3 is 2.09 bits per heavy atom. The number of aliphatic hydroxyl groups excluding tert-OH is 3. The minimum Gasteiger partial charge on any atom is -0.481 e. The number of carbonyl (C=O) groups excluding carboxylic acids is 6. The van der Waals surface area contributed by atoms with Gasteiger partial charge in [0.2, 0.25) is 35.4 Å². The molecule has 1 unspecified atom stereocenters. The summed E-state index contributed by atoms with van der Waals surface area (Å²) in [6, 6.07) is 5.47. The summed E-state index contributed by atoms with van der Waals surface area (Å²) in [5, 5.41) is 55.6. The van der Waals surface area contributed by atoms with Crippen molar-refractivity contribution in [3.8, 4) is 0 Å². The van der Waals surface area contributed by atoms with Crippen LogP contribution in [0.3, 0.4) is 0 Å². The van der Waals surface area contributed by atoms with Gasteiger partial charge in [0.25, 0.3) is 0 Å². The van der Waals surface area contributed by atoms with Gasteiger partial charge in [0, 0.05) is 19.6 Å². The second-order valence-electron chi connectivity index (χ2n) is 12.8. The topological polar surface area (TPSA) is 325 Å². The molecule has 0 aromatic heterocycles. The zero-order valence-corrected chi connectivity index (χ0v) is 30.2. The van der Waals surface area contributed by atoms with Gasteiger partial charge in [-0.05, 0) is 28.7 Å². The fraction of sp³-hybridized carbons (Fsp3) is 0.514. The number of aliphatic hydroxyl groups is 3. The van der Waals surface area contributed by atoms with E-state index in [0.29, 0.717) is 18.4 Å². The number of carbonyl (C=O) groups is 7. The SMILES string of the molecule is CC[C@H](C)[C@H](NC(=O)[C@H](CO)NC(O)[C@H](CC(N)=O)NC(=O)[C@H](Cc1ccc2ccccc2c1)NC(=O)[C@@H](N)CC(=O)O)C(=O)NCC(=O)NCCCO. The zero-order chi connectivity index (χ0) is 40.4. The minimum atomic E-state index is -1.91. The lowest BCUT2D eigenvalue weighted by Crippen LogP contribution is -2.62. The highest BCUT2D eigenvalue weighted by Crippen LogP contribution is 2.17. The zero-order valence-electron chi connectivity index (χ0n) is 30.2. The van der Waals surface area contributed by atoms with E-state index in [9.17, 15) is 43.8 Å². The van der Waals surface area contributed by atoms with Crippen molar-refractivity contribution in [2.24, 2.45) is 17.4 Å². The first-order valence-electron chi connectivity index (χ1n) is 17.4. The summed E-state index contributed by atoms with van der Waals surface area (Å²) in [5.74, 6) is -6.81. The number of carboxylic acid groups (broad SMARTS) is 1. The van der Waals surface area contributed by atoms with E-state index in [-0.39, 0.29) is 19.6 Å². The molecule has 6 amide bonds. The van der Waals surface area contributed by atoms with Crippen LogP contribution >= 0.6 is 0 Å². The molecule has 0 bridgehead atoms. The number of aliphatic carboxylic acids is 1. The quantitative estimate of drug-likeness (QED) is 0.0365. The Bertz CT molecular complexity index is 1610. The van der Waals surface area contributed by atoms with E-state index < -0.39 is 110 Å². The average Bonchev–Trinajstić information content (AvgIpc) is 3.13. The minimum absolute atomic E-state index is 0.125. The molecule has 0 saturated heterocycles. The first-order valence-corrected chi connectivity index (χ1v) is 17.4. The van der Waals surface area contributed by atoms with Crippen LogP contribution in [0.15, 0.2) is 42.5 Å². The maximum absolute atomic E-state index is 13.7. The van der Waals surface area contributed by atoms with Crippen molar-refractivity contribution in [2.75, 3.05) is 26.3 Å². The number of benzene rings is 2. The van der Waals surface area contributed by atoms with Gasteiger partial charge in [0.05, 0.1) is 38.1 Å². The van der Waals surface area contributed by atoms with Crippen LogP contribution in [0.5, 0.6) is 0 Å². The number of hydrogen-bond acceptors (Lipinski definition) is 12. The molecule has 0 heterocycles. The van der Waals surface area contributed by atoms with Crippen LogP contribution in [0.4, 0.5) is 0 Å². The summed E-state index contributed by atoms with van der Waals surface area (Å²) in [5.41, 5.74) is 11.7. The first kappa shape index (κ1) is 44.9. The fourth-order valence-corrected chi connectivity index (χ4v) is 5.25. The Balaban J connectivity index is 2.25. The van der Waals surface area contributed by atoms with E-state index in [4.69, 9.17) is 21.7 Å². The Morgan fingerprint density at radius 2 is 1.48 bits per heavy atom. The molecule has 0 aliphatic heterocycles. The first-order chi connectivity index (χ1) is 25.6. The number of fused-ring (bicyclic) bond motifs is 1. The molecule has 54 heavy (non-hydrogen) atoms. The molecule has 0 aliphatic rings. The van der Waals surface area contributed by atoms with Gasteiger partial charge in [-0.2, -0.15) is 0 Å². The number of rotatable bonds is 24. The highest BCUT2D eigenvalue weighted by molar-refractivity contribution is 5.93. The third-order valence-corrected chi connectivity index (χ3v) is 8.49. The molecule has 2 aromatic carbocycles. The number of primary amides is 1. The third-order valence-electron chi connectivity index (χ3n) is 8.49. The molecule has 14 N–H and O–H groups in total. The third kappa shape index (κ3) is 15.0. The van der Waals surface area contributed by atoms with Crippen LogP contribution in [0.25, 0.3) is 10.8 Å². The van der Waals surface area contributed by atoms with Gasteiger partial charge in [0.15, 0.2) is 0 Å². The van der Waals surface area contributed by atoms with E-state index in [1.54, 1.807) is 32.0 Å². The molecule has 0 aliphatic carbocycles. The number of carboxylic acids is 1. The van der Waals surface area contributed by atoms with Crippen LogP contribution in [-0.4, -0.2) is 125 Å². The van der Waals surface area contributed by atoms with Crippen molar-refractivity contribution in [1.29, 1.82) is 0 Å². The summed E-state index contributed by atoms with van der Waals surface area (Å²) in [7, 11) is 0. The summed E-state index contributed by atoms with van der Waals surface area (Å²) >= 11 is 0. The summed E-state index contributed by atoms with van der Waals surface area (Å²) in [6.45, 7) is 2.18. The Hall–Kier alpha value is -5.21. The van der Waals surface area contributed by atoms with E-state index in [1.165, 1.54) is 0 Å². The van der Waals surface area contributed by atoms with Gasteiger partial charge >= 0.3 is 5.97 Å². The Morgan fingerprint density at radius 1 is 0.815 bits per heavy atom. The Labute approximate surface area is 312 Å². The molecule has 2 rings (SSSR count). The van der Waals surface area contributed by atoms with E-state index >= 15 is 0 Å². The van der Waals surface area contributed by atoms with Crippen molar-refractivity contribution in [1.82, 2.24) is 31.9 Å². The maximum atomic E-state index is 13.7. The van der Waals surface area contributed by atoms with Gasteiger partial charge < -0.3 is 58.5 Å². The molecule has 0 spiro atoms. The maximum Gasteiger partial charge on any atom is 0.305 e. The van der Waals surface area contributed by atoms with Crippen LogP contribution in [-0.2, 0) is 40.0 Å². The molecule has 0 saturated carbocycles. The second-order valence-corrected chi connectivity index (χ2v) is 12.8. The molecule has 2 aromatic rings. The lowest BCUT2D eigenvalue weighted by atomic mass is 9.97. The Kier molecular flexibility index (Phi) is 19.0. The normalized spacial score (nSPS) is 15.0. The van der Waals surface area contributed by atoms with E-state index in [1.807, 2.05) is 24.3 Å². The standard InChI is InChI=1S/C35H52N8O11/c1-3-19(2)30(35(54)39-17-28(47)38-11-6-12-44)43-34(53)26(18-45)42-33(52)25(16-27(37)46)41-32(51)24(40-31(50)23(36)15-29(48)49)14-20-9-10-21-7-4-5-8-22(21)13-20/h4-5,7-10,13,19,23-26,30,33,42,44-45,52H,3,6,11-12,14-18,36H2,1-2H3,(H2,37,46)(H,38,47)(H,39,54)(H,40,50)(H,41,51)(H,43,53)(H,48,49)/t19-,23-,24-,25-,26-,30-,33?/m0/s1. The summed E-state index contributed by atoms with van der Waals surface area (Å²) in [6.07, 6.45) is -2.69. The molecular weight excluding hydrogens is 708 g/mol. The highest BCUT2D eigenvalue weighted by atomic mass is 16.4. The predicted molar refractivity (Wildman–Crippen MR) is 195 cm³/mol. The van der Waals surface area contributed by atoms with Gasteiger partial charge in [-0.3, -0.25) is 38.9 Å². The van der Waals surface area contributed by atoms with Crippen LogP contribution in [0, 0.1) is 5.92 Å². The van der Waals surface area contributed by atoms with E-state index in [0.717, 1.165) is 10.8 Å². The fourth-order valence-electron chi connectivity index (χ4n) is 5.25. The highest BCUT2D eigenvalue weighted by Gasteiger charge is 2.34. The van der Waals surface area contributed by atoms with Crippen molar-refractivity contribution in [2.45, 2.75) is 82.4 Å². The van der Waals surface area contributed by atoms with Crippen LogP contribution < -0.4 is 43.4 Å². The molecule has 298 valence electrons. The monoisotopic (exact) mass is 760 g/mol. The van der Waals surface area contributed by atoms with Gasteiger partial charge in [-0.25, -0.2) is 0 Å². The molecule has 0 radical (unpaired) electrons.